The molecule has 1 aromatic carbocycles. The van der Waals surface area contributed by atoms with Gasteiger partial charge in [-0.25, -0.2) is 4.79 Å². The molecule has 2 aromatic rings. The van der Waals surface area contributed by atoms with Gasteiger partial charge in [0.15, 0.2) is 0 Å². The molecule has 0 radical (unpaired) electrons. The number of hydrogen-bond donors (Lipinski definition) is 0. The lowest BCUT2D eigenvalue weighted by Gasteiger charge is -2.06. The fourth-order valence-corrected chi connectivity index (χ4v) is 2.78. The SMILES string of the molecule is COC(=O)c1cc2cc(C(F)(F)F)cc(Cl)c2s1. The lowest BCUT2D eigenvalue weighted by molar-refractivity contribution is -0.137. The largest absolute Gasteiger partial charge is 0.465 e. The van der Waals surface area contributed by atoms with Crippen molar-refractivity contribution in [2.45, 2.75) is 6.18 Å². The molecular formula is C11H6ClF3O2S. The average Bonchev–Trinajstić information content (AvgIpc) is 2.71. The maximum atomic E-state index is 12.6. The summed E-state index contributed by atoms with van der Waals surface area (Å²) < 4.78 is 42.7. The highest BCUT2D eigenvalue weighted by Crippen LogP contribution is 2.38. The zero-order valence-corrected chi connectivity index (χ0v) is 10.5. The van der Waals surface area contributed by atoms with Crippen LogP contribution in [0.25, 0.3) is 10.1 Å². The van der Waals surface area contributed by atoms with Gasteiger partial charge < -0.3 is 4.74 Å². The van der Waals surface area contributed by atoms with Gasteiger partial charge in [0.2, 0.25) is 0 Å². The van der Waals surface area contributed by atoms with E-state index in [9.17, 15) is 18.0 Å². The Bertz CT molecular complexity index is 619. The Morgan fingerprint density at radius 2 is 2.00 bits per heavy atom. The van der Waals surface area contributed by atoms with Crippen LogP contribution < -0.4 is 0 Å². The lowest BCUT2D eigenvalue weighted by Crippen LogP contribution is -2.04. The number of benzene rings is 1. The molecule has 2 rings (SSSR count). The third kappa shape index (κ3) is 2.30. The van der Waals surface area contributed by atoms with Crippen molar-refractivity contribution < 1.29 is 22.7 Å². The minimum atomic E-state index is -4.47. The summed E-state index contributed by atoms with van der Waals surface area (Å²) in [4.78, 5) is 11.5. The van der Waals surface area contributed by atoms with Crippen LogP contribution in [0, 0.1) is 0 Å². The van der Waals surface area contributed by atoms with Crippen molar-refractivity contribution in [1.29, 1.82) is 0 Å². The highest BCUT2D eigenvalue weighted by molar-refractivity contribution is 7.21. The topological polar surface area (TPSA) is 26.3 Å². The number of alkyl halides is 3. The second-order valence-corrected chi connectivity index (χ2v) is 4.94. The number of methoxy groups -OCH3 is 1. The quantitative estimate of drug-likeness (QED) is 0.731. The van der Waals surface area contributed by atoms with E-state index in [2.05, 4.69) is 4.74 Å². The van der Waals surface area contributed by atoms with E-state index in [1.165, 1.54) is 13.2 Å². The van der Waals surface area contributed by atoms with E-state index in [0.717, 1.165) is 23.5 Å². The molecule has 0 amide bonds. The third-order valence-electron chi connectivity index (χ3n) is 2.28. The monoisotopic (exact) mass is 294 g/mol. The molecule has 96 valence electrons. The van der Waals surface area contributed by atoms with Gasteiger partial charge in [0.05, 0.1) is 22.4 Å². The van der Waals surface area contributed by atoms with E-state index < -0.39 is 17.7 Å². The van der Waals surface area contributed by atoms with Crippen LogP contribution in [0.5, 0.6) is 0 Å². The minimum absolute atomic E-state index is 0.0278. The summed E-state index contributed by atoms with van der Waals surface area (Å²) in [5.74, 6) is -0.596. The summed E-state index contributed by atoms with van der Waals surface area (Å²) in [5, 5.41) is 0.250. The third-order valence-corrected chi connectivity index (χ3v) is 3.86. The summed E-state index contributed by atoms with van der Waals surface area (Å²) in [6.07, 6.45) is -4.47. The van der Waals surface area contributed by atoms with Crippen molar-refractivity contribution in [2.24, 2.45) is 0 Å². The van der Waals surface area contributed by atoms with Gasteiger partial charge in [0, 0.05) is 0 Å². The summed E-state index contributed by atoms with van der Waals surface area (Å²) in [7, 11) is 1.20. The predicted molar refractivity (Wildman–Crippen MR) is 63.2 cm³/mol. The van der Waals surface area contributed by atoms with E-state index in [-0.39, 0.29) is 15.3 Å². The number of esters is 1. The van der Waals surface area contributed by atoms with Gasteiger partial charge >= 0.3 is 12.1 Å². The highest BCUT2D eigenvalue weighted by Gasteiger charge is 2.31. The van der Waals surface area contributed by atoms with E-state index in [1.54, 1.807) is 0 Å². The van der Waals surface area contributed by atoms with Gasteiger partial charge in [-0.1, -0.05) is 11.6 Å². The van der Waals surface area contributed by atoms with Crippen LogP contribution in [-0.4, -0.2) is 13.1 Å². The second-order valence-electron chi connectivity index (χ2n) is 3.48. The summed E-state index contributed by atoms with van der Waals surface area (Å²) in [5.41, 5.74) is -0.839. The standard InChI is InChI=1S/C11H6ClF3O2S/c1-17-10(16)8-3-5-2-6(11(13,14)15)4-7(12)9(5)18-8/h2-4H,1H3. The van der Waals surface area contributed by atoms with Crippen LogP contribution in [0.15, 0.2) is 18.2 Å². The Kier molecular flexibility index (Phi) is 3.25. The first-order valence-corrected chi connectivity index (χ1v) is 5.91. The van der Waals surface area contributed by atoms with Crippen molar-refractivity contribution in [2.75, 3.05) is 7.11 Å². The first kappa shape index (κ1) is 13.2. The molecule has 1 aromatic heterocycles. The normalized spacial score (nSPS) is 11.8. The van der Waals surface area contributed by atoms with Gasteiger partial charge in [-0.15, -0.1) is 11.3 Å². The number of hydrogen-bond acceptors (Lipinski definition) is 3. The number of rotatable bonds is 1. The van der Waals surface area contributed by atoms with Crippen LogP contribution >= 0.6 is 22.9 Å². The molecule has 0 unspecified atom stereocenters. The molecule has 0 saturated carbocycles. The molecule has 0 spiro atoms. The van der Waals surface area contributed by atoms with Crippen molar-refractivity contribution >= 4 is 39.0 Å². The molecule has 0 fully saturated rings. The van der Waals surface area contributed by atoms with Gasteiger partial charge in [-0.05, 0) is 23.6 Å². The Balaban J connectivity index is 2.63. The van der Waals surface area contributed by atoms with Crippen LogP contribution in [0.4, 0.5) is 13.2 Å². The predicted octanol–water partition coefficient (Wildman–Crippen LogP) is 4.36. The molecule has 2 nitrogen and oxygen atoms in total. The molecule has 18 heavy (non-hydrogen) atoms. The fourth-order valence-electron chi connectivity index (χ4n) is 1.48. The van der Waals surface area contributed by atoms with Crippen LogP contribution in [-0.2, 0) is 10.9 Å². The number of halogens is 4. The molecule has 7 heteroatoms. The zero-order chi connectivity index (χ0) is 13.5. The Morgan fingerprint density at radius 3 is 2.56 bits per heavy atom. The van der Waals surface area contributed by atoms with E-state index >= 15 is 0 Å². The molecule has 0 bridgehead atoms. The molecule has 0 N–H and O–H groups in total. The van der Waals surface area contributed by atoms with E-state index in [1.807, 2.05) is 0 Å². The van der Waals surface area contributed by atoms with E-state index in [4.69, 9.17) is 11.6 Å². The summed E-state index contributed by atoms with van der Waals surface area (Å²) >= 11 is 6.79. The molecule has 0 aliphatic carbocycles. The molecule has 0 saturated heterocycles. The summed E-state index contributed by atoms with van der Waals surface area (Å²) in [6, 6.07) is 3.15. The number of carbonyl (C=O) groups is 1. The molecular weight excluding hydrogens is 289 g/mol. The van der Waals surface area contributed by atoms with Crippen molar-refractivity contribution in [3.8, 4) is 0 Å². The van der Waals surface area contributed by atoms with Crippen molar-refractivity contribution in [3.05, 3.63) is 33.7 Å². The molecule has 1 heterocycles. The van der Waals surface area contributed by atoms with Crippen molar-refractivity contribution in [1.82, 2.24) is 0 Å². The maximum absolute atomic E-state index is 12.6. The van der Waals surface area contributed by atoms with Crippen LogP contribution in [0.1, 0.15) is 15.2 Å². The van der Waals surface area contributed by atoms with E-state index in [0.29, 0.717) is 4.70 Å². The van der Waals surface area contributed by atoms with Crippen LogP contribution in [0.3, 0.4) is 0 Å². The Morgan fingerprint density at radius 1 is 1.33 bits per heavy atom. The fraction of sp³-hybridized carbons (Fsp3) is 0.182. The second kappa shape index (κ2) is 4.44. The maximum Gasteiger partial charge on any atom is 0.416 e. The van der Waals surface area contributed by atoms with Crippen molar-refractivity contribution in [3.63, 3.8) is 0 Å². The Hall–Kier alpha value is -1.27. The highest BCUT2D eigenvalue weighted by atomic mass is 35.5. The Labute approximate surface area is 109 Å². The smallest absolute Gasteiger partial charge is 0.416 e. The van der Waals surface area contributed by atoms with Gasteiger partial charge in [-0.3, -0.25) is 0 Å². The lowest BCUT2D eigenvalue weighted by atomic mass is 10.1. The van der Waals surface area contributed by atoms with Gasteiger partial charge in [0.1, 0.15) is 4.88 Å². The molecule has 0 aliphatic rings. The number of thiophene rings is 1. The number of ether oxygens (including phenoxy) is 1. The summed E-state index contributed by atoms with van der Waals surface area (Å²) in [6.45, 7) is 0. The zero-order valence-electron chi connectivity index (χ0n) is 8.97. The van der Waals surface area contributed by atoms with Crippen LogP contribution in [0.2, 0.25) is 5.02 Å². The molecule has 0 atom stereocenters. The number of carbonyl (C=O) groups excluding carboxylic acids is 1. The number of fused-ring (bicyclic) bond motifs is 1. The minimum Gasteiger partial charge on any atom is -0.465 e. The van der Waals surface area contributed by atoms with Gasteiger partial charge in [-0.2, -0.15) is 13.2 Å². The first-order chi connectivity index (χ1) is 8.32. The first-order valence-electron chi connectivity index (χ1n) is 4.71. The average molecular weight is 295 g/mol. The van der Waals surface area contributed by atoms with Gasteiger partial charge in [0.25, 0.3) is 0 Å². The molecule has 0 aliphatic heterocycles.